The molecule has 2 rings (SSSR count). The molecule has 1 saturated carbocycles. The van der Waals surface area contributed by atoms with E-state index < -0.39 is 0 Å². The third-order valence-electron chi connectivity index (χ3n) is 4.18. The van der Waals surface area contributed by atoms with Gasteiger partial charge in [0.05, 0.1) is 11.0 Å². The molecule has 0 spiro atoms. The van der Waals surface area contributed by atoms with Crippen LogP contribution in [0.15, 0.2) is 29.3 Å². The van der Waals surface area contributed by atoms with Crippen molar-refractivity contribution in [3.05, 3.63) is 39.9 Å². The van der Waals surface area contributed by atoms with Gasteiger partial charge in [-0.15, -0.1) is 0 Å². The van der Waals surface area contributed by atoms with E-state index in [1.165, 1.54) is 31.4 Å². The largest absolute Gasteiger partial charge is 0.314 e. The highest BCUT2D eigenvalue weighted by atomic mass is 16.6. The lowest BCUT2D eigenvalue weighted by Gasteiger charge is -2.29. The Hall–Kier alpha value is -1.75. The van der Waals surface area contributed by atoms with Crippen molar-refractivity contribution >= 4 is 11.9 Å². The van der Waals surface area contributed by atoms with Crippen LogP contribution in [-0.2, 0) is 0 Å². The van der Waals surface area contributed by atoms with Crippen LogP contribution in [0.25, 0.3) is 0 Å². The van der Waals surface area contributed by atoms with Crippen molar-refractivity contribution in [1.82, 2.24) is 5.32 Å². The predicted octanol–water partition coefficient (Wildman–Crippen LogP) is 3.57. The highest BCUT2D eigenvalue weighted by molar-refractivity contribution is 5.80. The van der Waals surface area contributed by atoms with E-state index in [0.29, 0.717) is 18.0 Å². The van der Waals surface area contributed by atoms with Gasteiger partial charge in [0, 0.05) is 30.9 Å². The van der Waals surface area contributed by atoms with Gasteiger partial charge in [-0.3, -0.25) is 15.1 Å². The van der Waals surface area contributed by atoms with Crippen LogP contribution in [-0.4, -0.2) is 29.8 Å². The molecule has 0 aromatic heterocycles. The molecule has 0 bridgehead atoms. The molecule has 1 aliphatic rings. The Labute approximate surface area is 132 Å². The number of rotatable bonds is 6. The highest BCUT2D eigenvalue weighted by Crippen LogP contribution is 2.26. The number of aliphatic imine (C=N–C) groups is 1. The minimum Gasteiger partial charge on any atom is -0.314 e. The maximum Gasteiger partial charge on any atom is 0.269 e. The van der Waals surface area contributed by atoms with Crippen molar-refractivity contribution in [3.63, 3.8) is 0 Å². The van der Waals surface area contributed by atoms with Gasteiger partial charge in [-0.2, -0.15) is 0 Å². The first kappa shape index (κ1) is 16.6. The fraction of sp³-hybridized carbons (Fsp3) is 0.588. The molecule has 5 heteroatoms. The van der Waals surface area contributed by atoms with Crippen LogP contribution < -0.4 is 5.32 Å². The Bertz CT molecular complexity index is 511. The molecule has 0 radical (unpaired) electrons. The van der Waals surface area contributed by atoms with Crippen LogP contribution in [0.1, 0.15) is 45.1 Å². The third-order valence-corrected chi connectivity index (χ3v) is 4.18. The van der Waals surface area contributed by atoms with E-state index in [9.17, 15) is 10.1 Å². The number of hydrogen-bond acceptors (Lipinski definition) is 4. The lowest BCUT2D eigenvalue weighted by molar-refractivity contribution is -0.384. The topological polar surface area (TPSA) is 67.5 Å². The van der Waals surface area contributed by atoms with E-state index in [4.69, 9.17) is 4.99 Å². The summed E-state index contributed by atoms with van der Waals surface area (Å²) < 4.78 is 0. The van der Waals surface area contributed by atoms with Gasteiger partial charge >= 0.3 is 0 Å². The molecule has 2 atom stereocenters. The van der Waals surface area contributed by atoms with Crippen molar-refractivity contribution in [3.8, 4) is 0 Å². The molecule has 1 aliphatic carbocycles. The normalized spacial score (nSPS) is 22.3. The van der Waals surface area contributed by atoms with Crippen LogP contribution in [0.2, 0.25) is 0 Å². The number of nitrogens with zero attached hydrogens (tertiary/aromatic N) is 2. The predicted molar refractivity (Wildman–Crippen MR) is 89.6 cm³/mol. The van der Waals surface area contributed by atoms with Gasteiger partial charge < -0.3 is 5.32 Å². The standard InChI is InChI=1S/C17H25N3O2/c1-13(2)18-12-15-5-3-4-6-17(15)19-11-14-7-9-16(10-8-14)20(21)22/h7-11,13,15,17-18H,3-6,12H2,1-2H3/t15-,17-/m1/s1. The van der Waals surface area contributed by atoms with Crippen molar-refractivity contribution < 1.29 is 4.92 Å². The molecule has 0 heterocycles. The van der Waals surface area contributed by atoms with Crippen molar-refractivity contribution in [2.24, 2.45) is 10.9 Å². The first-order valence-corrected chi connectivity index (χ1v) is 8.07. The van der Waals surface area contributed by atoms with Crippen molar-refractivity contribution in [2.45, 2.75) is 51.6 Å². The fourth-order valence-corrected chi connectivity index (χ4v) is 2.87. The minimum absolute atomic E-state index is 0.119. The number of nitro groups is 1. The van der Waals surface area contributed by atoms with Crippen LogP contribution in [0.5, 0.6) is 0 Å². The van der Waals surface area contributed by atoms with E-state index >= 15 is 0 Å². The summed E-state index contributed by atoms with van der Waals surface area (Å²) in [6.45, 7) is 5.34. The summed E-state index contributed by atoms with van der Waals surface area (Å²) in [5, 5.41) is 14.2. The Morgan fingerprint density at radius 3 is 2.64 bits per heavy atom. The Kier molecular flexibility index (Phi) is 6.07. The molecular weight excluding hydrogens is 278 g/mol. The van der Waals surface area contributed by atoms with E-state index in [1.807, 2.05) is 6.21 Å². The van der Waals surface area contributed by atoms with Gasteiger partial charge in [0.25, 0.3) is 5.69 Å². The van der Waals surface area contributed by atoms with Gasteiger partial charge in [0.2, 0.25) is 0 Å². The van der Waals surface area contributed by atoms with E-state index in [2.05, 4.69) is 19.2 Å². The Morgan fingerprint density at radius 2 is 2.00 bits per heavy atom. The molecule has 1 aromatic rings. The second kappa shape index (κ2) is 8.03. The summed E-state index contributed by atoms with van der Waals surface area (Å²) in [5.41, 5.74) is 1.04. The maximum atomic E-state index is 10.7. The van der Waals surface area contributed by atoms with Crippen LogP contribution in [0, 0.1) is 16.0 Å². The lowest BCUT2D eigenvalue weighted by Crippen LogP contribution is -2.36. The van der Waals surface area contributed by atoms with E-state index in [0.717, 1.165) is 18.5 Å². The molecule has 22 heavy (non-hydrogen) atoms. The number of hydrogen-bond donors (Lipinski definition) is 1. The number of non-ortho nitro benzene ring substituents is 1. The molecule has 0 aliphatic heterocycles. The minimum atomic E-state index is -0.379. The van der Waals surface area contributed by atoms with Gasteiger partial charge in [-0.1, -0.05) is 26.7 Å². The highest BCUT2D eigenvalue weighted by Gasteiger charge is 2.24. The Balaban J connectivity index is 1.98. The molecule has 0 unspecified atom stereocenters. The summed E-state index contributed by atoms with van der Waals surface area (Å²) in [4.78, 5) is 15.0. The SMILES string of the molecule is CC(C)NC[C@H]1CCCC[C@H]1N=Cc1ccc([N+](=O)[O-])cc1. The summed E-state index contributed by atoms with van der Waals surface area (Å²) >= 11 is 0. The first-order chi connectivity index (χ1) is 10.6. The first-order valence-electron chi connectivity index (χ1n) is 8.07. The van der Waals surface area contributed by atoms with Crippen molar-refractivity contribution in [2.75, 3.05) is 6.54 Å². The Morgan fingerprint density at radius 1 is 1.32 bits per heavy atom. The molecule has 5 nitrogen and oxygen atoms in total. The maximum absolute atomic E-state index is 10.7. The molecule has 120 valence electrons. The summed E-state index contributed by atoms with van der Waals surface area (Å²) in [6, 6.07) is 7.42. The number of benzene rings is 1. The molecule has 1 fully saturated rings. The summed E-state index contributed by atoms with van der Waals surface area (Å²) in [5.74, 6) is 0.588. The monoisotopic (exact) mass is 303 g/mol. The summed E-state index contributed by atoms with van der Waals surface area (Å²) in [6.07, 6.45) is 6.74. The second-order valence-corrected chi connectivity index (χ2v) is 6.30. The average Bonchev–Trinajstić information content (AvgIpc) is 2.52. The van der Waals surface area contributed by atoms with Crippen LogP contribution in [0.3, 0.4) is 0 Å². The quantitative estimate of drug-likeness (QED) is 0.496. The number of nitrogens with one attached hydrogen (secondary N) is 1. The molecule has 1 N–H and O–H groups in total. The van der Waals surface area contributed by atoms with Gasteiger partial charge in [-0.25, -0.2) is 0 Å². The van der Waals surface area contributed by atoms with Gasteiger partial charge in [0.1, 0.15) is 0 Å². The zero-order valence-corrected chi connectivity index (χ0v) is 13.4. The lowest BCUT2D eigenvalue weighted by atomic mass is 9.84. The zero-order valence-electron chi connectivity index (χ0n) is 13.4. The van der Waals surface area contributed by atoms with Crippen LogP contribution in [0.4, 0.5) is 5.69 Å². The van der Waals surface area contributed by atoms with Crippen molar-refractivity contribution in [1.29, 1.82) is 0 Å². The third kappa shape index (κ3) is 4.91. The van der Waals surface area contributed by atoms with Crippen LogP contribution >= 0.6 is 0 Å². The number of nitro benzene ring substituents is 1. The molecule has 0 saturated heterocycles. The zero-order chi connectivity index (χ0) is 15.9. The molecule has 0 amide bonds. The molecule has 1 aromatic carbocycles. The fourth-order valence-electron chi connectivity index (χ4n) is 2.87. The average molecular weight is 303 g/mol. The van der Waals surface area contributed by atoms with Gasteiger partial charge in [0.15, 0.2) is 0 Å². The van der Waals surface area contributed by atoms with Gasteiger partial charge in [-0.05, 0) is 36.5 Å². The van der Waals surface area contributed by atoms with E-state index in [-0.39, 0.29) is 10.6 Å². The molecular formula is C17H25N3O2. The smallest absolute Gasteiger partial charge is 0.269 e. The summed E-state index contributed by atoms with van der Waals surface area (Å²) in [7, 11) is 0. The van der Waals surface area contributed by atoms with E-state index in [1.54, 1.807) is 12.1 Å². The second-order valence-electron chi connectivity index (χ2n) is 6.30.